The summed E-state index contributed by atoms with van der Waals surface area (Å²) in [5.74, 6) is -0.721. The maximum Gasteiger partial charge on any atom is 0.253 e. The van der Waals surface area contributed by atoms with Crippen LogP contribution < -0.4 is 0 Å². The van der Waals surface area contributed by atoms with E-state index in [9.17, 15) is 17.6 Å². The normalized spacial score (nSPS) is 15.2. The van der Waals surface area contributed by atoms with Gasteiger partial charge in [-0.3, -0.25) is 4.79 Å². The zero-order valence-electron chi connectivity index (χ0n) is 16.2. The molecule has 0 spiro atoms. The van der Waals surface area contributed by atoms with Crippen molar-refractivity contribution >= 4 is 15.9 Å². The van der Waals surface area contributed by atoms with Gasteiger partial charge in [-0.1, -0.05) is 48.5 Å². The van der Waals surface area contributed by atoms with Gasteiger partial charge in [0.2, 0.25) is 10.0 Å². The maximum absolute atomic E-state index is 13.4. The van der Waals surface area contributed by atoms with E-state index in [1.54, 1.807) is 17.0 Å². The lowest BCUT2D eigenvalue weighted by Crippen LogP contribution is -2.50. The molecular weight excluding hydrogens is 403 g/mol. The van der Waals surface area contributed by atoms with Gasteiger partial charge in [0.15, 0.2) is 0 Å². The van der Waals surface area contributed by atoms with Gasteiger partial charge in [-0.2, -0.15) is 4.31 Å². The van der Waals surface area contributed by atoms with Crippen molar-refractivity contribution in [3.63, 3.8) is 0 Å². The molecule has 30 heavy (non-hydrogen) atoms. The largest absolute Gasteiger partial charge is 0.336 e. The first-order chi connectivity index (χ1) is 14.4. The Hall–Kier alpha value is -3.03. The highest BCUT2D eigenvalue weighted by molar-refractivity contribution is 7.89. The van der Waals surface area contributed by atoms with E-state index in [2.05, 4.69) is 0 Å². The van der Waals surface area contributed by atoms with Gasteiger partial charge in [0.05, 0.1) is 4.90 Å². The lowest BCUT2D eigenvalue weighted by molar-refractivity contribution is 0.0698. The molecule has 1 aliphatic rings. The summed E-state index contributed by atoms with van der Waals surface area (Å²) in [5, 5.41) is 0. The fourth-order valence-corrected chi connectivity index (χ4v) is 4.98. The summed E-state index contributed by atoms with van der Waals surface area (Å²) >= 11 is 0. The molecule has 4 rings (SSSR count). The van der Waals surface area contributed by atoms with Gasteiger partial charge in [-0.05, 0) is 41.5 Å². The fraction of sp³-hybridized carbons (Fsp3) is 0.174. The third-order valence-electron chi connectivity index (χ3n) is 5.20. The lowest BCUT2D eigenvalue weighted by atomic mass is 10.0. The van der Waals surface area contributed by atoms with Gasteiger partial charge in [0, 0.05) is 31.7 Å². The van der Waals surface area contributed by atoms with Crippen LogP contribution in [0.15, 0.2) is 83.8 Å². The first-order valence-corrected chi connectivity index (χ1v) is 11.1. The number of sulfonamides is 1. The van der Waals surface area contributed by atoms with Crippen molar-refractivity contribution < 1.29 is 17.6 Å². The topological polar surface area (TPSA) is 57.7 Å². The van der Waals surface area contributed by atoms with E-state index in [-0.39, 0.29) is 37.0 Å². The second kappa shape index (κ2) is 8.38. The molecule has 3 aromatic rings. The van der Waals surface area contributed by atoms with Crippen molar-refractivity contribution in [1.29, 1.82) is 0 Å². The molecule has 0 atom stereocenters. The molecule has 3 aromatic carbocycles. The SMILES string of the molecule is O=C(c1ccc(-c2ccccc2)cc1)N1CCN(S(=O)(=O)c2cccc(F)c2)CC1. The summed E-state index contributed by atoms with van der Waals surface area (Å²) in [7, 11) is -3.78. The number of rotatable bonds is 4. The van der Waals surface area contributed by atoms with Crippen molar-refractivity contribution in [2.45, 2.75) is 4.90 Å². The van der Waals surface area contributed by atoms with Crippen LogP contribution in [0.25, 0.3) is 11.1 Å². The van der Waals surface area contributed by atoms with Crippen molar-refractivity contribution in [3.05, 3.63) is 90.2 Å². The fourth-order valence-electron chi connectivity index (χ4n) is 3.53. The lowest BCUT2D eigenvalue weighted by Gasteiger charge is -2.34. The van der Waals surface area contributed by atoms with E-state index < -0.39 is 15.8 Å². The summed E-state index contributed by atoms with van der Waals surface area (Å²) in [4.78, 5) is 14.4. The summed E-state index contributed by atoms with van der Waals surface area (Å²) in [6, 6.07) is 22.3. The van der Waals surface area contributed by atoms with Crippen molar-refractivity contribution in [1.82, 2.24) is 9.21 Å². The third-order valence-corrected chi connectivity index (χ3v) is 7.09. The third kappa shape index (κ3) is 4.13. The van der Waals surface area contributed by atoms with Crippen LogP contribution in [0.4, 0.5) is 4.39 Å². The Morgan fingerprint density at radius 2 is 1.40 bits per heavy atom. The standard InChI is InChI=1S/C23H21FN2O3S/c24-21-7-4-8-22(17-21)30(28,29)26-15-13-25(14-16-26)23(27)20-11-9-19(10-12-20)18-5-2-1-3-6-18/h1-12,17H,13-16H2. The first-order valence-electron chi connectivity index (χ1n) is 9.66. The molecule has 0 aromatic heterocycles. The molecule has 154 valence electrons. The number of amides is 1. The molecule has 7 heteroatoms. The number of hydrogen-bond donors (Lipinski definition) is 0. The Labute approximate surface area is 175 Å². The molecule has 1 heterocycles. The maximum atomic E-state index is 13.4. The van der Waals surface area contributed by atoms with Crippen molar-refractivity contribution in [3.8, 4) is 11.1 Å². The molecule has 1 fully saturated rings. The van der Waals surface area contributed by atoms with Crippen LogP contribution >= 0.6 is 0 Å². The Balaban J connectivity index is 1.42. The molecule has 1 saturated heterocycles. The minimum absolute atomic E-state index is 0.0706. The van der Waals surface area contributed by atoms with E-state index in [1.165, 1.54) is 22.5 Å². The van der Waals surface area contributed by atoms with Gasteiger partial charge >= 0.3 is 0 Å². The van der Waals surface area contributed by atoms with Crippen LogP contribution in [0.2, 0.25) is 0 Å². The molecule has 0 radical (unpaired) electrons. The van der Waals surface area contributed by atoms with Gasteiger partial charge in [-0.15, -0.1) is 0 Å². The molecule has 0 aliphatic carbocycles. The molecule has 1 aliphatic heterocycles. The average Bonchev–Trinajstić information content (AvgIpc) is 2.79. The van der Waals surface area contributed by atoms with Crippen LogP contribution in [-0.2, 0) is 10.0 Å². The average molecular weight is 424 g/mol. The Morgan fingerprint density at radius 1 is 0.767 bits per heavy atom. The highest BCUT2D eigenvalue weighted by Gasteiger charge is 2.30. The zero-order valence-corrected chi connectivity index (χ0v) is 17.1. The smallest absolute Gasteiger partial charge is 0.253 e. The minimum atomic E-state index is -3.78. The molecule has 0 bridgehead atoms. The number of piperazine rings is 1. The first kappa shape index (κ1) is 20.3. The Morgan fingerprint density at radius 3 is 2.03 bits per heavy atom. The van der Waals surface area contributed by atoms with Crippen molar-refractivity contribution in [2.24, 2.45) is 0 Å². The minimum Gasteiger partial charge on any atom is -0.336 e. The second-order valence-corrected chi connectivity index (χ2v) is 9.03. The zero-order chi connectivity index (χ0) is 21.1. The van der Waals surface area contributed by atoms with Crippen LogP contribution in [0.1, 0.15) is 10.4 Å². The highest BCUT2D eigenvalue weighted by Crippen LogP contribution is 2.22. The Bertz CT molecular complexity index is 1140. The van der Waals surface area contributed by atoms with Crippen LogP contribution in [-0.4, -0.2) is 49.7 Å². The number of hydrogen-bond acceptors (Lipinski definition) is 3. The molecular formula is C23H21FN2O3S. The van der Waals surface area contributed by atoms with E-state index in [0.29, 0.717) is 5.56 Å². The summed E-state index contributed by atoms with van der Waals surface area (Å²) in [6.07, 6.45) is 0. The second-order valence-electron chi connectivity index (χ2n) is 7.10. The van der Waals surface area contributed by atoms with Gasteiger partial charge in [0.25, 0.3) is 5.91 Å². The van der Waals surface area contributed by atoms with E-state index in [1.807, 2.05) is 42.5 Å². The van der Waals surface area contributed by atoms with Gasteiger partial charge < -0.3 is 4.90 Å². The number of nitrogens with zero attached hydrogens (tertiary/aromatic N) is 2. The number of halogens is 1. The van der Waals surface area contributed by atoms with E-state index in [0.717, 1.165) is 17.2 Å². The molecule has 0 N–H and O–H groups in total. The van der Waals surface area contributed by atoms with Crippen molar-refractivity contribution in [2.75, 3.05) is 26.2 Å². The molecule has 0 unspecified atom stereocenters. The predicted molar refractivity (Wildman–Crippen MR) is 113 cm³/mol. The predicted octanol–water partition coefficient (Wildman–Crippen LogP) is 3.64. The van der Waals surface area contributed by atoms with Crippen LogP contribution in [0, 0.1) is 5.82 Å². The molecule has 0 saturated carbocycles. The number of benzene rings is 3. The van der Waals surface area contributed by atoms with Crippen LogP contribution in [0.5, 0.6) is 0 Å². The van der Waals surface area contributed by atoms with E-state index >= 15 is 0 Å². The summed E-state index contributed by atoms with van der Waals surface area (Å²) in [5.41, 5.74) is 2.67. The van der Waals surface area contributed by atoms with Gasteiger partial charge in [-0.25, -0.2) is 12.8 Å². The van der Waals surface area contributed by atoms with E-state index in [4.69, 9.17) is 0 Å². The number of carbonyl (C=O) groups is 1. The summed E-state index contributed by atoms with van der Waals surface area (Å²) in [6.45, 7) is 0.918. The highest BCUT2D eigenvalue weighted by atomic mass is 32.2. The monoisotopic (exact) mass is 424 g/mol. The Kier molecular flexibility index (Phi) is 5.65. The van der Waals surface area contributed by atoms with Crippen LogP contribution in [0.3, 0.4) is 0 Å². The van der Waals surface area contributed by atoms with Gasteiger partial charge in [0.1, 0.15) is 5.82 Å². The molecule has 5 nitrogen and oxygen atoms in total. The summed E-state index contributed by atoms with van der Waals surface area (Å²) < 4.78 is 40.1. The number of carbonyl (C=O) groups excluding carboxylic acids is 1. The quantitative estimate of drug-likeness (QED) is 0.643. The molecule has 1 amide bonds.